The summed E-state index contributed by atoms with van der Waals surface area (Å²) in [5.41, 5.74) is 0. The van der Waals surface area contributed by atoms with Crippen LogP contribution in [0.1, 0.15) is 19.3 Å². The van der Waals surface area contributed by atoms with Gasteiger partial charge in [-0.2, -0.15) is 0 Å². The first-order valence-corrected chi connectivity index (χ1v) is 3.76. The zero-order valence-corrected chi connectivity index (χ0v) is 9.67. The van der Waals surface area contributed by atoms with Crippen LogP contribution in [0.4, 0.5) is 0 Å². The predicted molar refractivity (Wildman–Crippen MR) is 32.7 cm³/mol. The minimum Gasteiger partial charge on any atom is -0.841 e. The van der Waals surface area contributed by atoms with Gasteiger partial charge in [0.25, 0.3) is 0 Å². The molecule has 3 saturated heterocycles. The average molecular weight is 165 g/mol. The second kappa shape index (κ2) is 3.98. The molecule has 3 rings (SSSR count). The number of nitrogens with zero attached hydrogens (tertiary/aromatic N) is 1. The molecular weight excluding hydrogens is 153 g/mol. The Balaban J connectivity index is 0.000000500. The van der Waals surface area contributed by atoms with Gasteiger partial charge in [0.1, 0.15) is 0 Å². The van der Waals surface area contributed by atoms with Gasteiger partial charge in [0.15, 0.2) is 0 Å². The average Bonchev–Trinajstić information content (AvgIpc) is 1.90. The number of hydrogen-bond acceptors (Lipinski definition) is 2. The molecule has 0 N–H and O–H groups in total. The summed E-state index contributed by atoms with van der Waals surface area (Å²) in [6.07, 6.45) is 3.12. The van der Waals surface area contributed by atoms with Crippen molar-refractivity contribution in [2.24, 2.45) is 5.92 Å². The SMILES string of the molecule is [K+].[O-]C1CC2CCN1CC2. The van der Waals surface area contributed by atoms with E-state index in [4.69, 9.17) is 0 Å². The van der Waals surface area contributed by atoms with Gasteiger partial charge in [-0.1, -0.05) is 6.23 Å². The maximum absolute atomic E-state index is 11.1. The molecule has 10 heavy (non-hydrogen) atoms. The smallest absolute Gasteiger partial charge is 0.841 e. The molecule has 0 aromatic heterocycles. The summed E-state index contributed by atoms with van der Waals surface area (Å²) < 4.78 is 0. The van der Waals surface area contributed by atoms with Crippen molar-refractivity contribution in [3.8, 4) is 0 Å². The number of fused-ring (bicyclic) bond motifs is 3. The minimum atomic E-state index is -0.350. The Morgan fingerprint density at radius 3 is 2.00 bits per heavy atom. The molecule has 3 heteroatoms. The molecule has 3 aliphatic rings. The van der Waals surface area contributed by atoms with Crippen molar-refractivity contribution < 1.29 is 56.5 Å². The molecule has 3 aliphatic heterocycles. The summed E-state index contributed by atoms with van der Waals surface area (Å²) in [7, 11) is 0. The van der Waals surface area contributed by atoms with E-state index >= 15 is 0 Å². The molecule has 0 aromatic rings. The second-order valence-electron chi connectivity index (χ2n) is 3.17. The van der Waals surface area contributed by atoms with Gasteiger partial charge >= 0.3 is 51.4 Å². The molecule has 0 spiro atoms. The van der Waals surface area contributed by atoms with Crippen molar-refractivity contribution in [1.82, 2.24) is 4.90 Å². The summed E-state index contributed by atoms with van der Waals surface area (Å²) in [6, 6.07) is 0. The Morgan fingerprint density at radius 2 is 1.80 bits per heavy atom. The van der Waals surface area contributed by atoms with Crippen molar-refractivity contribution in [3.63, 3.8) is 0 Å². The van der Waals surface area contributed by atoms with Crippen LogP contribution in [0.2, 0.25) is 0 Å². The molecule has 3 heterocycles. The largest absolute Gasteiger partial charge is 1.00 e. The summed E-state index contributed by atoms with van der Waals surface area (Å²) in [5, 5.41) is 11.1. The van der Waals surface area contributed by atoms with Crippen LogP contribution in [0.3, 0.4) is 0 Å². The van der Waals surface area contributed by atoms with Gasteiger partial charge < -0.3 is 10.0 Å². The van der Waals surface area contributed by atoms with Crippen LogP contribution in [0.5, 0.6) is 0 Å². The van der Waals surface area contributed by atoms with Gasteiger partial charge in [-0.15, -0.1) is 0 Å². The first kappa shape index (κ1) is 9.64. The van der Waals surface area contributed by atoms with E-state index in [-0.39, 0.29) is 57.6 Å². The third-order valence-corrected chi connectivity index (χ3v) is 2.59. The van der Waals surface area contributed by atoms with Crippen molar-refractivity contribution in [3.05, 3.63) is 0 Å². The molecule has 0 aliphatic carbocycles. The maximum atomic E-state index is 11.1. The van der Waals surface area contributed by atoms with Crippen molar-refractivity contribution in [1.29, 1.82) is 0 Å². The van der Waals surface area contributed by atoms with Gasteiger partial charge in [0, 0.05) is 0 Å². The summed E-state index contributed by atoms with van der Waals surface area (Å²) >= 11 is 0. The fourth-order valence-electron chi connectivity index (χ4n) is 1.91. The Kier molecular flexibility index (Phi) is 3.84. The van der Waals surface area contributed by atoms with Gasteiger partial charge in [-0.25, -0.2) is 0 Å². The van der Waals surface area contributed by atoms with E-state index in [1.54, 1.807) is 0 Å². The molecule has 0 aromatic carbocycles. The van der Waals surface area contributed by atoms with Crippen LogP contribution in [0, 0.1) is 5.92 Å². The van der Waals surface area contributed by atoms with Crippen molar-refractivity contribution >= 4 is 0 Å². The fourth-order valence-corrected chi connectivity index (χ4v) is 1.91. The Bertz CT molecular complexity index is 112. The Hall–Kier alpha value is 1.56. The first-order valence-electron chi connectivity index (χ1n) is 3.76. The maximum Gasteiger partial charge on any atom is 1.00 e. The van der Waals surface area contributed by atoms with Crippen molar-refractivity contribution in [2.45, 2.75) is 25.5 Å². The molecule has 2 bridgehead atoms. The van der Waals surface area contributed by atoms with Crippen LogP contribution < -0.4 is 56.5 Å². The molecule has 3 fully saturated rings. The molecule has 52 valence electrons. The molecule has 2 nitrogen and oxygen atoms in total. The third kappa shape index (κ3) is 1.83. The topological polar surface area (TPSA) is 26.3 Å². The summed E-state index contributed by atoms with van der Waals surface area (Å²) in [5.74, 6) is 0.775. The third-order valence-electron chi connectivity index (χ3n) is 2.59. The van der Waals surface area contributed by atoms with E-state index in [9.17, 15) is 5.11 Å². The molecule has 1 atom stereocenters. The van der Waals surface area contributed by atoms with Crippen LogP contribution in [0.25, 0.3) is 0 Å². The van der Waals surface area contributed by atoms with E-state index in [0.717, 1.165) is 25.4 Å². The quantitative estimate of drug-likeness (QED) is 0.353. The van der Waals surface area contributed by atoms with Crippen LogP contribution >= 0.6 is 0 Å². The molecule has 0 saturated carbocycles. The van der Waals surface area contributed by atoms with E-state index < -0.39 is 0 Å². The monoisotopic (exact) mass is 165 g/mol. The Morgan fingerprint density at radius 1 is 1.20 bits per heavy atom. The van der Waals surface area contributed by atoms with E-state index in [1.807, 2.05) is 0 Å². The summed E-state index contributed by atoms with van der Waals surface area (Å²) in [4.78, 5) is 2.07. The number of piperidine rings is 3. The zero-order valence-electron chi connectivity index (χ0n) is 6.55. The number of hydrogen-bond donors (Lipinski definition) is 0. The van der Waals surface area contributed by atoms with E-state index in [2.05, 4.69) is 4.90 Å². The standard InChI is InChI=1S/C7H12NO.K/c9-7-5-6-1-3-8(7)4-2-6;/h6-7H,1-5H2;/q-1;+1. The van der Waals surface area contributed by atoms with Gasteiger partial charge in [0.05, 0.1) is 0 Å². The molecule has 0 amide bonds. The van der Waals surface area contributed by atoms with Gasteiger partial charge in [-0.05, 0) is 38.3 Å². The summed E-state index contributed by atoms with van der Waals surface area (Å²) in [6.45, 7) is 2.14. The van der Waals surface area contributed by atoms with Crippen LogP contribution in [0.15, 0.2) is 0 Å². The predicted octanol–water partition coefficient (Wildman–Crippen LogP) is -3.21. The fraction of sp³-hybridized carbons (Fsp3) is 1.00. The first-order chi connectivity index (χ1) is 4.36. The van der Waals surface area contributed by atoms with Gasteiger partial charge in [-0.3, -0.25) is 0 Å². The molecule has 0 radical (unpaired) electrons. The molecular formula is C7H12KNO. The van der Waals surface area contributed by atoms with E-state index in [1.165, 1.54) is 12.8 Å². The second-order valence-corrected chi connectivity index (χ2v) is 3.17. The zero-order chi connectivity index (χ0) is 6.27. The molecule has 1 unspecified atom stereocenters. The van der Waals surface area contributed by atoms with Crippen molar-refractivity contribution in [2.75, 3.05) is 13.1 Å². The Labute approximate surface area is 104 Å². The number of rotatable bonds is 0. The van der Waals surface area contributed by atoms with E-state index in [0.29, 0.717) is 0 Å². The van der Waals surface area contributed by atoms with Crippen LogP contribution in [-0.2, 0) is 0 Å². The normalized spacial score (nSPS) is 44.7. The van der Waals surface area contributed by atoms with Gasteiger partial charge in [0.2, 0.25) is 0 Å². The van der Waals surface area contributed by atoms with Crippen LogP contribution in [-0.4, -0.2) is 24.2 Å². The minimum absolute atomic E-state index is 0.